The zero-order chi connectivity index (χ0) is 25.5. The summed E-state index contributed by atoms with van der Waals surface area (Å²) in [5.74, 6) is -0.226. The van der Waals surface area contributed by atoms with E-state index in [9.17, 15) is 18.0 Å². The summed E-state index contributed by atoms with van der Waals surface area (Å²) in [5, 5.41) is 2.90. The van der Waals surface area contributed by atoms with Crippen molar-refractivity contribution in [3.8, 4) is 5.75 Å². The van der Waals surface area contributed by atoms with E-state index in [0.29, 0.717) is 11.4 Å². The molecule has 10 heteroatoms. The second kappa shape index (κ2) is 12.2. The molecule has 0 aliphatic rings. The third-order valence-electron chi connectivity index (χ3n) is 5.45. The van der Waals surface area contributed by atoms with E-state index in [2.05, 4.69) is 21.2 Å². The molecule has 0 aliphatic heterocycles. The van der Waals surface area contributed by atoms with Gasteiger partial charge >= 0.3 is 0 Å². The van der Waals surface area contributed by atoms with Gasteiger partial charge in [-0.1, -0.05) is 35.0 Å². The van der Waals surface area contributed by atoms with Gasteiger partial charge in [-0.2, -0.15) is 0 Å². The molecule has 2 aromatic rings. The molecule has 0 aliphatic carbocycles. The summed E-state index contributed by atoms with van der Waals surface area (Å²) in [6.07, 6.45) is 1.79. The molecule has 2 aromatic carbocycles. The summed E-state index contributed by atoms with van der Waals surface area (Å²) in [6.45, 7) is 5.19. The lowest BCUT2D eigenvalue weighted by atomic mass is 10.1. The van der Waals surface area contributed by atoms with Crippen LogP contribution < -0.4 is 14.4 Å². The van der Waals surface area contributed by atoms with E-state index < -0.39 is 28.5 Å². The quantitative estimate of drug-likeness (QED) is 0.459. The summed E-state index contributed by atoms with van der Waals surface area (Å²) < 4.78 is 32.2. The monoisotopic (exact) mass is 553 g/mol. The van der Waals surface area contributed by atoms with Crippen LogP contribution in [0, 0.1) is 0 Å². The molecule has 0 bridgehead atoms. The minimum atomic E-state index is -3.78. The first-order valence-corrected chi connectivity index (χ1v) is 13.6. The zero-order valence-corrected chi connectivity index (χ0v) is 22.5. The molecule has 0 radical (unpaired) electrons. The molecule has 1 N–H and O–H groups in total. The maximum Gasteiger partial charge on any atom is 0.244 e. The molecule has 0 aromatic heterocycles. The Labute approximate surface area is 210 Å². The van der Waals surface area contributed by atoms with E-state index in [0.717, 1.165) is 27.0 Å². The van der Waals surface area contributed by atoms with Gasteiger partial charge in [-0.25, -0.2) is 8.42 Å². The van der Waals surface area contributed by atoms with Gasteiger partial charge < -0.3 is 15.0 Å². The molecule has 0 unspecified atom stereocenters. The van der Waals surface area contributed by atoms with Crippen molar-refractivity contribution in [2.75, 3.05) is 24.2 Å². The molecular formula is C24H32BrN3O5S. The topological polar surface area (TPSA) is 96.0 Å². The van der Waals surface area contributed by atoms with Crippen LogP contribution in [0.3, 0.4) is 0 Å². The normalized spacial score (nSPS) is 13.0. The van der Waals surface area contributed by atoms with E-state index in [1.807, 2.05) is 38.1 Å². The Morgan fingerprint density at radius 2 is 1.76 bits per heavy atom. The predicted octanol–water partition coefficient (Wildman–Crippen LogP) is 3.56. The van der Waals surface area contributed by atoms with Crippen molar-refractivity contribution >= 4 is 43.5 Å². The highest BCUT2D eigenvalue weighted by Crippen LogP contribution is 2.22. The second-order valence-electron chi connectivity index (χ2n) is 8.11. The van der Waals surface area contributed by atoms with Crippen molar-refractivity contribution in [3.05, 3.63) is 58.6 Å². The molecule has 0 spiro atoms. The van der Waals surface area contributed by atoms with Crippen molar-refractivity contribution in [1.29, 1.82) is 0 Å². The Balaban J connectivity index is 2.37. The summed E-state index contributed by atoms with van der Waals surface area (Å²) >= 11 is 3.43. The number of carbonyl (C=O) groups excluding carboxylic acids is 2. The number of rotatable bonds is 11. The summed E-state index contributed by atoms with van der Waals surface area (Å²) in [6, 6.07) is 13.0. The number of hydrogen-bond donors (Lipinski definition) is 1. The van der Waals surface area contributed by atoms with Crippen LogP contribution in [0.4, 0.5) is 5.69 Å². The van der Waals surface area contributed by atoms with Gasteiger partial charge in [0.15, 0.2) is 0 Å². The highest BCUT2D eigenvalue weighted by molar-refractivity contribution is 9.10. The van der Waals surface area contributed by atoms with Crippen LogP contribution in [0.2, 0.25) is 0 Å². The molecule has 34 heavy (non-hydrogen) atoms. The SMILES string of the molecule is CC[C@@H](C)NC(=O)[C@H](C)N(Cc1cccc(Br)c1)C(=O)CN(c1ccc(OC)cc1)S(C)(=O)=O. The number of benzene rings is 2. The lowest BCUT2D eigenvalue weighted by Gasteiger charge is -2.32. The number of amides is 2. The highest BCUT2D eigenvalue weighted by Gasteiger charge is 2.30. The van der Waals surface area contributed by atoms with Crippen LogP contribution in [0.5, 0.6) is 5.75 Å². The first-order valence-electron chi connectivity index (χ1n) is 10.9. The van der Waals surface area contributed by atoms with Gasteiger partial charge in [0, 0.05) is 17.1 Å². The molecule has 2 atom stereocenters. The summed E-state index contributed by atoms with van der Waals surface area (Å²) in [4.78, 5) is 27.8. The lowest BCUT2D eigenvalue weighted by molar-refractivity contribution is -0.139. The standard InChI is InChI=1S/C24H32BrN3O5S/c1-6-17(2)26-24(30)18(3)27(15-19-8-7-9-20(25)14-19)23(29)16-28(34(5,31)32)21-10-12-22(33-4)13-11-21/h7-14,17-18H,6,15-16H2,1-5H3,(H,26,30)/t17-,18+/m1/s1. The Morgan fingerprint density at radius 3 is 2.29 bits per heavy atom. The number of halogens is 1. The number of sulfonamides is 1. The largest absolute Gasteiger partial charge is 0.497 e. The van der Waals surface area contributed by atoms with Crippen LogP contribution in [-0.4, -0.2) is 57.1 Å². The van der Waals surface area contributed by atoms with Crippen LogP contribution in [0.15, 0.2) is 53.0 Å². The molecule has 0 fully saturated rings. The van der Waals surface area contributed by atoms with Gasteiger partial charge in [0.05, 0.1) is 19.1 Å². The number of methoxy groups -OCH3 is 1. The number of hydrogen-bond acceptors (Lipinski definition) is 5. The molecule has 8 nitrogen and oxygen atoms in total. The van der Waals surface area contributed by atoms with Gasteiger partial charge in [0.1, 0.15) is 18.3 Å². The molecule has 0 saturated heterocycles. The summed E-state index contributed by atoms with van der Waals surface area (Å²) in [5.41, 5.74) is 1.14. The van der Waals surface area contributed by atoms with E-state index in [4.69, 9.17) is 4.74 Å². The highest BCUT2D eigenvalue weighted by atomic mass is 79.9. The fourth-order valence-electron chi connectivity index (χ4n) is 3.24. The van der Waals surface area contributed by atoms with E-state index >= 15 is 0 Å². The number of nitrogens with one attached hydrogen (secondary N) is 1. The lowest BCUT2D eigenvalue weighted by Crippen LogP contribution is -2.52. The Bertz CT molecular complexity index is 1090. The van der Waals surface area contributed by atoms with E-state index in [-0.39, 0.29) is 18.5 Å². The van der Waals surface area contributed by atoms with Gasteiger partial charge in [0.2, 0.25) is 21.8 Å². The molecule has 2 amide bonds. The van der Waals surface area contributed by atoms with Crippen LogP contribution in [0.25, 0.3) is 0 Å². The molecule has 0 saturated carbocycles. The third kappa shape index (κ3) is 7.73. The molecule has 0 heterocycles. The van der Waals surface area contributed by atoms with Gasteiger partial charge in [-0.3, -0.25) is 13.9 Å². The Morgan fingerprint density at radius 1 is 1.12 bits per heavy atom. The minimum Gasteiger partial charge on any atom is -0.497 e. The number of ether oxygens (including phenoxy) is 1. The molecule has 186 valence electrons. The minimum absolute atomic E-state index is 0.0513. The van der Waals surface area contributed by atoms with Crippen LogP contribution in [0.1, 0.15) is 32.8 Å². The fourth-order valence-corrected chi connectivity index (χ4v) is 4.54. The van der Waals surface area contributed by atoms with Gasteiger partial charge in [0.25, 0.3) is 0 Å². The maximum atomic E-state index is 13.5. The average molecular weight is 555 g/mol. The Hall–Kier alpha value is -2.59. The maximum absolute atomic E-state index is 13.5. The number of anilines is 1. The molecule has 2 rings (SSSR count). The van der Waals surface area contributed by atoms with Crippen LogP contribution in [-0.2, 0) is 26.2 Å². The van der Waals surface area contributed by atoms with Crippen molar-refractivity contribution in [1.82, 2.24) is 10.2 Å². The van der Waals surface area contributed by atoms with Crippen molar-refractivity contribution in [2.45, 2.75) is 45.8 Å². The van der Waals surface area contributed by atoms with Gasteiger partial charge in [-0.05, 0) is 62.2 Å². The molecular weight excluding hydrogens is 522 g/mol. The average Bonchev–Trinajstić information content (AvgIpc) is 2.79. The smallest absolute Gasteiger partial charge is 0.244 e. The van der Waals surface area contributed by atoms with Crippen LogP contribution >= 0.6 is 15.9 Å². The predicted molar refractivity (Wildman–Crippen MR) is 137 cm³/mol. The fraction of sp³-hybridized carbons (Fsp3) is 0.417. The summed E-state index contributed by atoms with van der Waals surface area (Å²) in [7, 11) is -2.27. The van der Waals surface area contributed by atoms with Crippen molar-refractivity contribution in [2.24, 2.45) is 0 Å². The van der Waals surface area contributed by atoms with Crippen molar-refractivity contribution < 1.29 is 22.7 Å². The van der Waals surface area contributed by atoms with Gasteiger partial charge in [-0.15, -0.1) is 0 Å². The zero-order valence-electron chi connectivity index (χ0n) is 20.1. The first-order chi connectivity index (χ1) is 16.0. The first kappa shape index (κ1) is 27.7. The van der Waals surface area contributed by atoms with Crippen molar-refractivity contribution in [3.63, 3.8) is 0 Å². The third-order valence-corrected chi connectivity index (χ3v) is 7.08. The second-order valence-corrected chi connectivity index (χ2v) is 10.9. The van der Waals surface area contributed by atoms with E-state index in [1.54, 1.807) is 31.2 Å². The Kier molecular flexibility index (Phi) is 9.93. The number of nitrogens with zero attached hydrogens (tertiary/aromatic N) is 2. The number of carbonyl (C=O) groups is 2. The van der Waals surface area contributed by atoms with E-state index in [1.165, 1.54) is 12.0 Å².